The Hall–Kier alpha value is -1.35. The SMILES string of the molecule is Cc1ccc(C2NCCCC2C(=O)O)cc1. The molecule has 1 fully saturated rings. The van der Waals surface area contributed by atoms with E-state index in [2.05, 4.69) is 5.32 Å². The van der Waals surface area contributed by atoms with E-state index in [-0.39, 0.29) is 12.0 Å². The van der Waals surface area contributed by atoms with Crippen molar-refractivity contribution in [3.63, 3.8) is 0 Å². The third-order valence-corrected chi connectivity index (χ3v) is 3.21. The van der Waals surface area contributed by atoms with Crippen LogP contribution in [0.2, 0.25) is 0 Å². The highest BCUT2D eigenvalue weighted by Crippen LogP contribution is 2.29. The van der Waals surface area contributed by atoms with E-state index in [1.807, 2.05) is 31.2 Å². The molecule has 86 valence electrons. The minimum Gasteiger partial charge on any atom is -0.481 e. The van der Waals surface area contributed by atoms with E-state index in [0.29, 0.717) is 0 Å². The lowest BCUT2D eigenvalue weighted by molar-refractivity contribution is -0.143. The molecule has 2 N–H and O–H groups in total. The molecule has 1 aromatic rings. The molecule has 1 aliphatic rings. The van der Waals surface area contributed by atoms with E-state index in [1.54, 1.807) is 0 Å². The number of benzene rings is 1. The van der Waals surface area contributed by atoms with Crippen LogP contribution in [0.4, 0.5) is 0 Å². The van der Waals surface area contributed by atoms with Gasteiger partial charge in [0.2, 0.25) is 0 Å². The summed E-state index contributed by atoms with van der Waals surface area (Å²) in [5.41, 5.74) is 2.28. The zero-order valence-electron chi connectivity index (χ0n) is 9.44. The number of carboxylic acid groups (broad SMARTS) is 1. The van der Waals surface area contributed by atoms with Crippen LogP contribution in [0.3, 0.4) is 0 Å². The number of aryl methyl sites for hydroxylation is 1. The topological polar surface area (TPSA) is 49.3 Å². The van der Waals surface area contributed by atoms with Gasteiger partial charge >= 0.3 is 5.97 Å². The fourth-order valence-corrected chi connectivity index (χ4v) is 2.28. The van der Waals surface area contributed by atoms with E-state index in [4.69, 9.17) is 0 Å². The molecule has 0 aliphatic carbocycles. The van der Waals surface area contributed by atoms with Crippen LogP contribution >= 0.6 is 0 Å². The minimum atomic E-state index is -0.697. The number of aliphatic carboxylic acids is 1. The molecule has 1 heterocycles. The number of carboxylic acids is 1. The number of hydrogen-bond acceptors (Lipinski definition) is 2. The molecule has 16 heavy (non-hydrogen) atoms. The largest absolute Gasteiger partial charge is 0.481 e. The molecule has 0 bridgehead atoms. The summed E-state index contributed by atoms with van der Waals surface area (Å²) in [5, 5.41) is 12.5. The average Bonchev–Trinajstić information content (AvgIpc) is 2.30. The Kier molecular flexibility index (Phi) is 3.25. The summed E-state index contributed by atoms with van der Waals surface area (Å²) in [6, 6.07) is 8.07. The van der Waals surface area contributed by atoms with Gasteiger partial charge in [0.05, 0.1) is 5.92 Å². The Balaban J connectivity index is 2.23. The van der Waals surface area contributed by atoms with E-state index in [9.17, 15) is 9.90 Å². The summed E-state index contributed by atoms with van der Waals surface area (Å²) in [6.07, 6.45) is 1.71. The van der Waals surface area contributed by atoms with E-state index < -0.39 is 5.97 Å². The second-order valence-electron chi connectivity index (χ2n) is 4.43. The Morgan fingerprint density at radius 1 is 1.38 bits per heavy atom. The zero-order valence-corrected chi connectivity index (χ0v) is 9.44. The standard InChI is InChI=1S/C13H17NO2/c1-9-4-6-10(7-5-9)12-11(13(15)16)3-2-8-14-12/h4-7,11-12,14H,2-3,8H2,1H3,(H,15,16). The third kappa shape index (κ3) is 2.25. The molecule has 1 aliphatic heterocycles. The Labute approximate surface area is 95.5 Å². The second kappa shape index (κ2) is 4.66. The molecule has 2 atom stereocenters. The van der Waals surface area contributed by atoms with Gasteiger partial charge in [-0.3, -0.25) is 4.79 Å². The minimum absolute atomic E-state index is 0.0353. The van der Waals surface area contributed by atoms with Crippen molar-refractivity contribution in [2.75, 3.05) is 6.54 Å². The number of piperidine rings is 1. The number of rotatable bonds is 2. The fraction of sp³-hybridized carbons (Fsp3) is 0.462. The van der Waals surface area contributed by atoms with Crippen molar-refractivity contribution in [1.82, 2.24) is 5.32 Å². The number of hydrogen-bond donors (Lipinski definition) is 2. The van der Waals surface area contributed by atoms with Crippen LogP contribution in [0.15, 0.2) is 24.3 Å². The summed E-state index contributed by atoms with van der Waals surface area (Å²) in [6.45, 7) is 2.94. The van der Waals surface area contributed by atoms with Crippen LogP contribution in [0.25, 0.3) is 0 Å². The average molecular weight is 219 g/mol. The first-order valence-corrected chi connectivity index (χ1v) is 5.71. The Morgan fingerprint density at radius 2 is 2.06 bits per heavy atom. The molecule has 3 nitrogen and oxygen atoms in total. The first kappa shape index (κ1) is 11.1. The predicted molar refractivity (Wildman–Crippen MR) is 62.3 cm³/mol. The van der Waals surface area contributed by atoms with Crippen LogP contribution in [0.5, 0.6) is 0 Å². The quantitative estimate of drug-likeness (QED) is 0.801. The third-order valence-electron chi connectivity index (χ3n) is 3.21. The summed E-state index contributed by atoms with van der Waals surface area (Å²) >= 11 is 0. The van der Waals surface area contributed by atoms with Gasteiger partial charge in [-0.05, 0) is 31.9 Å². The van der Waals surface area contributed by atoms with Gasteiger partial charge in [-0.2, -0.15) is 0 Å². The predicted octanol–water partition coefficient (Wildman–Crippen LogP) is 2.12. The van der Waals surface area contributed by atoms with Crippen LogP contribution in [-0.2, 0) is 4.79 Å². The molecule has 0 amide bonds. The van der Waals surface area contributed by atoms with Crippen molar-refractivity contribution in [3.05, 3.63) is 35.4 Å². The highest BCUT2D eigenvalue weighted by molar-refractivity contribution is 5.71. The van der Waals surface area contributed by atoms with Gasteiger partial charge in [0.25, 0.3) is 0 Å². The molecular formula is C13H17NO2. The van der Waals surface area contributed by atoms with Crippen LogP contribution in [0.1, 0.15) is 30.0 Å². The molecule has 0 spiro atoms. The monoisotopic (exact) mass is 219 g/mol. The molecule has 2 unspecified atom stereocenters. The van der Waals surface area contributed by atoms with Crippen LogP contribution < -0.4 is 5.32 Å². The maximum atomic E-state index is 11.2. The fourth-order valence-electron chi connectivity index (χ4n) is 2.28. The van der Waals surface area contributed by atoms with Gasteiger partial charge in [-0.1, -0.05) is 29.8 Å². The highest BCUT2D eigenvalue weighted by Gasteiger charge is 2.31. The van der Waals surface area contributed by atoms with Gasteiger partial charge < -0.3 is 10.4 Å². The molecule has 3 heteroatoms. The van der Waals surface area contributed by atoms with Crippen molar-refractivity contribution in [2.45, 2.75) is 25.8 Å². The van der Waals surface area contributed by atoms with Crippen molar-refractivity contribution in [3.8, 4) is 0 Å². The lowest BCUT2D eigenvalue weighted by Gasteiger charge is -2.30. The summed E-state index contributed by atoms with van der Waals surface area (Å²) in [5.74, 6) is -0.991. The molecule has 1 saturated heterocycles. The number of nitrogens with one attached hydrogen (secondary N) is 1. The van der Waals surface area contributed by atoms with Gasteiger partial charge in [0.1, 0.15) is 0 Å². The van der Waals surface area contributed by atoms with E-state index in [0.717, 1.165) is 24.9 Å². The molecular weight excluding hydrogens is 202 g/mol. The van der Waals surface area contributed by atoms with Crippen molar-refractivity contribution >= 4 is 5.97 Å². The first-order valence-electron chi connectivity index (χ1n) is 5.71. The molecule has 0 radical (unpaired) electrons. The maximum Gasteiger partial charge on any atom is 0.308 e. The Bertz CT molecular complexity index is 372. The van der Waals surface area contributed by atoms with Crippen molar-refractivity contribution < 1.29 is 9.90 Å². The van der Waals surface area contributed by atoms with Gasteiger partial charge in [-0.25, -0.2) is 0 Å². The summed E-state index contributed by atoms with van der Waals surface area (Å²) in [7, 11) is 0. The maximum absolute atomic E-state index is 11.2. The highest BCUT2D eigenvalue weighted by atomic mass is 16.4. The number of carbonyl (C=O) groups is 1. The molecule has 1 aromatic carbocycles. The normalized spacial score (nSPS) is 25.3. The summed E-state index contributed by atoms with van der Waals surface area (Å²) < 4.78 is 0. The molecule has 0 aromatic heterocycles. The Morgan fingerprint density at radius 3 is 2.69 bits per heavy atom. The smallest absolute Gasteiger partial charge is 0.308 e. The van der Waals surface area contributed by atoms with E-state index >= 15 is 0 Å². The summed E-state index contributed by atoms with van der Waals surface area (Å²) in [4.78, 5) is 11.2. The van der Waals surface area contributed by atoms with Crippen LogP contribution in [-0.4, -0.2) is 17.6 Å². The first-order chi connectivity index (χ1) is 7.68. The lowest BCUT2D eigenvalue weighted by Crippen LogP contribution is -2.38. The second-order valence-corrected chi connectivity index (χ2v) is 4.43. The lowest BCUT2D eigenvalue weighted by atomic mass is 9.86. The van der Waals surface area contributed by atoms with Gasteiger partial charge in [0.15, 0.2) is 0 Å². The zero-order chi connectivity index (χ0) is 11.5. The van der Waals surface area contributed by atoms with Gasteiger partial charge in [0, 0.05) is 6.04 Å². The molecule has 2 rings (SSSR count). The van der Waals surface area contributed by atoms with Crippen LogP contribution in [0, 0.1) is 12.8 Å². The van der Waals surface area contributed by atoms with E-state index in [1.165, 1.54) is 5.56 Å². The van der Waals surface area contributed by atoms with Crippen molar-refractivity contribution in [2.24, 2.45) is 5.92 Å². The van der Waals surface area contributed by atoms with Crippen molar-refractivity contribution in [1.29, 1.82) is 0 Å². The van der Waals surface area contributed by atoms with Gasteiger partial charge in [-0.15, -0.1) is 0 Å². The molecule has 0 saturated carbocycles.